The molecule has 1 aromatic rings. The van der Waals surface area contributed by atoms with E-state index in [1.807, 2.05) is 24.3 Å². The van der Waals surface area contributed by atoms with Crippen LogP contribution in [0, 0.1) is 5.92 Å². The predicted octanol–water partition coefficient (Wildman–Crippen LogP) is 2.80. The summed E-state index contributed by atoms with van der Waals surface area (Å²) in [5.41, 5.74) is 1.08. The predicted molar refractivity (Wildman–Crippen MR) is 121 cm³/mol. The van der Waals surface area contributed by atoms with Crippen LogP contribution in [0.25, 0.3) is 0 Å². The maximum atomic E-state index is 12.1. The number of carbonyl (C=O) groups excluding carboxylic acids is 1. The van der Waals surface area contributed by atoms with Crippen LogP contribution in [0.4, 0.5) is 0 Å². The number of hydrogen-bond acceptors (Lipinski definition) is 4. The monoisotopic (exact) mass is 418 g/mol. The summed E-state index contributed by atoms with van der Waals surface area (Å²) in [6.07, 6.45) is 4.42. The molecule has 0 spiro atoms. The van der Waals surface area contributed by atoms with Gasteiger partial charge in [-0.1, -0.05) is 38.8 Å². The largest absolute Gasteiger partial charge is 0.497 e. The van der Waals surface area contributed by atoms with E-state index >= 15 is 0 Å². The Morgan fingerprint density at radius 3 is 2.57 bits per heavy atom. The van der Waals surface area contributed by atoms with Gasteiger partial charge in [-0.15, -0.1) is 0 Å². The van der Waals surface area contributed by atoms with Crippen molar-refractivity contribution >= 4 is 11.9 Å². The topological polar surface area (TPSA) is 75.2 Å². The summed E-state index contributed by atoms with van der Waals surface area (Å²) in [6, 6.07) is 8.14. The molecule has 2 N–H and O–H groups in total. The van der Waals surface area contributed by atoms with Crippen molar-refractivity contribution in [2.45, 2.75) is 58.2 Å². The number of aliphatic imine (C=N–C) groups is 1. The third-order valence-corrected chi connectivity index (χ3v) is 5.72. The molecule has 1 aromatic carbocycles. The summed E-state index contributed by atoms with van der Waals surface area (Å²) in [6.45, 7) is 5.94. The van der Waals surface area contributed by atoms with Crippen molar-refractivity contribution in [3.63, 3.8) is 0 Å². The molecule has 30 heavy (non-hydrogen) atoms. The van der Waals surface area contributed by atoms with E-state index in [4.69, 9.17) is 14.5 Å². The number of likely N-dealkylation sites (N-methyl/N-ethyl adjacent to an activating group) is 1. The molecule has 7 nitrogen and oxygen atoms in total. The number of methoxy groups -OCH3 is 1. The van der Waals surface area contributed by atoms with Gasteiger partial charge in [-0.3, -0.25) is 4.79 Å². The van der Waals surface area contributed by atoms with E-state index in [1.54, 1.807) is 26.1 Å². The molecule has 0 aliphatic carbocycles. The first-order chi connectivity index (χ1) is 14.5. The Morgan fingerprint density at radius 1 is 1.27 bits per heavy atom. The second kappa shape index (κ2) is 12.4. The standard InChI is InChI=1S/C23H38N4O3/c1-6-18(7-2)21-14-19(12-13-30-21)26-23(25-16-22(28)27(3)4)24-15-17-8-10-20(29-5)11-9-17/h8-11,18-19,21H,6-7,12-16H2,1-5H3,(H2,24,25,26). The van der Waals surface area contributed by atoms with E-state index in [0.29, 0.717) is 18.4 Å². The molecule has 2 unspecified atom stereocenters. The van der Waals surface area contributed by atoms with Gasteiger partial charge in [0.05, 0.1) is 26.3 Å². The first-order valence-electron chi connectivity index (χ1n) is 11.0. The van der Waals surface area contributed by atoms with Crippen molar-refractivity contribution in [1.29, 1.82) is 0 Å². The van der Waals surface area contributed by atoms with Crippen LogP contribution in [0.2, 0.25) is 0 Å². The van der Waals surface area contributed by atoms with Crippen molar-refractivity contribution in [3.8, 4) is 5.75 Å². The molecular weight excluding hydrogens is 380 g/mol. The Labute approximate surface area is 181 Å². The minimum Gasteiger partial charge on any atom is -0.497 e. The summed E-state index contributed by atoms with van der Waals surface area (Å²) in [5, 5.41) is 6.73. The number of hydrogen-bond donors (Lipinski definition) is 2. The third-order valence-electron chi connectivity index (χ3n) is 5.72. The zero-order valence-electron chi connectivity index (χ0n) is 19.1. The summed E-state index contributed by atoms with van der Waals surface area (Å²) < 4.78 is 11.3. The fraction of sp³-hybridized carbons (Fsp3) is 0.652. The molecule has 0 bridgehead atoms. The van der Waals surface area contributed by atoms with Gasteiger partial charge in [0.15, 0.2) is 5.96 Å². The van der Waals surface area contributed by atoms with Crippen LogP contribution in [0.3, 0.4) is 0 Å². The first kappa shape index (κ1) is 24.0. The lowest BCUT2D eigenvalue weighted by Gasteiger charge is -2.35. The van der Waals surface area contributed by atoms with Crippen LogP contribution in [-0.2, 0) is 16.1 Å². The van der Waals surface area contributed by atoms with E-state index in [9.17, 15) is 4.79 Å². The number of ether oxygens (including phenoxy) is 2. The van der Waals surface area contributed by atoms with Gasteiger partial charge in [0.25, 0.3) is 0 Å². The molecule has 168 valence electrons. The molecule has 2 rings (SSSR count). The highest BCUT2D eigenvalue weighted by Crippen LogP contribution is 2.25. The number of rotatable bonds is 9. The van der Waals surface area contributed by atoms with Gasteiger partial charge < -0.3 is 25.0 Å². The molecule has 1 aliphatic rings. The van der Waals surface area contributed by atoms with Crippen molar-refractivity contribution in [1.82, 2.24) is 15.5 Å². The van der Waals surface area contributed by atoms with Crippen molar-refractivity contribution in [2.75, 3.05) is 34.4 Å². The van der Waals surface area contributed by atoms with E-state index in [2.05, 4.69) is 24.5 Å². The smallest absolute Gasteiger partial charge is 0.241 e. The molecule has 7 heteroatoms. The highest BCUT2D eigenvalue weighted by Gasteiger charge is 2.28. The van der Waals surface area contributed by atoms with Crippen LogP contribution in [-0.4, -0.2) is 63.3 Å². The maximum absolute atomic E-state index is 12.1. The third kappa shape index (κ3) is 7.52. The summed E-state index contributed by atoms with van der Waals surface area (Å²) in [5.74, 6) is 2.08. The minimum absolute atomic E-state index is 0.0100. The Morgan fingerprint density at radius 2 is 1.97 bits per heavy atom. The van der Waals surface area contributed by atoms with E-state index in [0.717, 1.165) is 43.6 Å². The molecular formula is C23H38N4O3. The lowest BCUT2D eigenvalue weighted by atomic mass is 9.89. The van der Waals surface area contributed by atoms with Gasteiger partial charge >= 0.3 is 0 Å². The second-order valence-electron chi connectivity index (χ2n) is 8.01. The Bertz CT molecular complexity index is 672. The van der Waals surface area contributed by atoms with Crippen LogP contribution < -0.4 is 15.4 Å². The molecule has 0 radical (unpaired) electrons. The van der Waals surface area contributed by atoms with E-state index in [-0.39, 0.29) is 24.6 Å². The molecule has 1 heterocycles. The fourth-order valence-corrected chi connectivity index (χ4v) is 3.67. The number of amides is 1. The maximum Gasteiger partial charge on any atom is 0.241 e. The molecule has 1 fully saturated rings. The van der Waals surface area contributed by atoms with Crippen LogP contribution in [0.15, 0.2) is 29.3 Å². The average Bonchev–Trinajstić information content (AvgIpc) is 2.76. The molecule has 0 saturated carbocycles. The number of carbonyl (C=O) groups is 1. The Kier molecular flexibility index (Phi) is 9.94. The van der Waals surface area contributed by atoms with Crippen molar-refractivity contribution in [2.24, 2.45) is 10.9 Å². The Balaban J connectivity index is 2.04. The normalized spacial score (nSPS) is 19.5. The highest BCUT2D eigenvalue weighted by atomic mass is 16.5. The van der Waals surface area contributed by atoms with Crippen LogP contribution in [0.1, 0.15) is 45.1 Å². The molecule has 1 saturated heterocycles. The van der Waals surface area contributed by atoms with Gasteiger partial charge in [0.1, 0.15) is 5.75 Å². The molecule has 1 amide bonds. The summed E-state index contributed by atoms with van der Waals surface area (Å²) in [4.78, 5) is 18.4. The van der Waals surface area contributed by atoms with Gasteiger partial charge in [-0.2, -0.15) is 0 Å². The van der Waals surface area contributed by atoms with Gasteiger partial charge in [-0.25, -0.2) is 4.99 Å². The lowest BCUT2D eigenvalue weighted by Crippen LogP contribution is -2.50. The van der Waals surface area contributed by atoms with E-state index < -0.39 is 0 Å². The Hall–Kier alpha value is -2.28. The van der Waals surface area contributed by atoms with Gasteiger partial charge in [0.2, 0.25) is 5.91 Å². The quantitative estimate of drug-likeness (QED) is 0.476. The van der Waals surface area contributed by atoms with Crippen molar-refractivity contribution < 1.29 is 14.3 Å². The number of nitrogens with zero attached hydrogens (tertiary/aromatic N) is 2. The summed E-state index contributed by atoms with van der Waals surface area (Å²) in [7, 11) is 5.16. The zero-order chi connectivity index (χ0) is 21.9. The SMILES string of the molecule is CCC(CC)C1CC(NC(=NCc2ccc(OC)cc2)NCC(=O)N(C)C)CCO1. The minimum atomic E-state index is 0.0100. The molecule has 0 aromatic heterocycles. The number of nitrogens with one attached hydrogen (secondary N) is 2. The van der Waals surface area contributed by atoms with Crippen molar-refractivity contribution in [3.05, 3.63) is 29.8 Å². The molecule has 2 atom stereocenters. The number of guanidine groups is 1. The summed E-state index contributed by atoms with van der Waals surface area (Å²) >= 11 is 0. The zero-order valence-corrected chi connectivity index (χ0v) is 19.1. The average molecular weight is 419 g/mol. The highest BCUT2D eigenvalue weighted by molar-refractivity contribution is 5.86. The first-order valence-corrected chi connectivity index (χ1v) is 11.0. The fourth-order valence-electron chi connectivity index (χ4n) is 3.67. The van der Waals surface area contributed by atoms with Crippen LogP contribution in [0.5, 0.6) is 5.75 Å². The van der Waals surface area contributed by atoms with E-state index in [1.165, 1.54) is 0 Å². The second-order valence-corrected chi connectivity index (χ2v) is 8.01. The van der Waals surface area contributed by atoms with Gasteiger partial charge in [0, 0.05) is 26.7 Å². The lowest BCUT2D eigenvalue weighted by molar-refractivity contribution is -0.127. The van der Waals surface area contributed by atoms with Crippen LogP contribution >= 0.6 is 0 Å². The number of benzene rings is 1. The molecule has 1 aliphatic heterocycles. The van der Waals surface area contributed by atoms with Gasteiger partial charge in [-0.05, 0) is 36.5 Å².